The smallest absolute Gasteiger partial charge is 0.398 e. The minimum Gasteiger partial charge on any atom is -0.398 e. The van der Waals surface area contributed by atoms with Gasteiger partial charge in [-0.2, -0.15) is 0 Å². The molecule has 0 spiro atoms. The summed E-state index contributed by atoms with van der Waals surface area (Å²) >= 11 is 0. The fourth-order valence-corrected chi connectivity index (χ4v) is 2.32. The Kier molecular flexibility index (Phi) is 4.24. The minimum absolute atomic E-state index is 0.0211. The van der Waals surface area contributed by atoms with E-state index in [9.17, 15) is 13.2 Å². The first kappa shape index (κ1) is 15.9. The summed E-state index contributed by atoms with van der Waals surface area (Å²) in [5.41, 5.74) is -1.70. The van der Waals surface area contributed by atoms with Crippen molar-refractivity contribution in [1.29, 1.82) is 0 Å². The van der Waals surface area contributed by atoms with E-state index in [1.54, 1.807) is 0 Å². The second-order valence-corrected chi connectivity index (χ2v) is 6.30. The monoisotopic (exact) mass is 292 g/mol. The highest BCUT2D eigenvalue weighted by Crippen LogP contribution is 2.41. The second-order valence-electron chi connectivity index (χ2n) is 6.30. The van der Waals surface area contributed by atoms with Crippen LogP contribution in [-0.4, -0.2) is 38.0 Å². The zero-order valence-electron chi connectivity index (χ0n) is 12.2. The SMILES string of the molecule is CC1(C)OB(C(F)=C2COCC2CC(F)F)OC1(C)C. The van der Waals surface area contributed by atoms with E-state index < -0.39 is 42.8 Å². The average Bonchev–Trinajstić information content (AvgIpc) is 2.80. The first-order valence-corrected chi connectivity index (χ1v) is 6.74. The molecule has 114 valence electrons. The van der Waals surface area contributed by atoms with Crippen molar-refractivity contribution in [2.24, 2.45) is 5.92 Å². The molecule has 2 saturated heterocycles. The number of hydrogen-bond donors (Lipinski definition) is 0. The zero-order chi connectivity index (χ0) is 15.1. The second kappa shape index (κ2) is 5.35. The van der Waals surface area contributed by atoms with Crippen molar-refractivity contribution in [1.82, 2.24) is 0 Å². The van der Waals surface area contributed by atoms with E-state index in [0.29, 0.717) is 0 Å². The molecule has 0 aromatic heterocycles. The Balaban J connectivity index is 2.18. The van der Waals surface area contributed by atoms with Crippen LogP contribution in [0, 0.1) is 5.92 Å². The molecule has 0 aliphatic carbocycles. The van der Waals surface area contributed by atoms with Crippen molar-refractivity contribution in [3.05, 3.63) is 11.3 Å². The summed E-state index contributed by atoms with van der Waals surface area (Å²) in [6.07, 6.45) is -2.88. The fourth-order valence-electron chi connectivity index (χ4n) is 2.32. The molecule has 2 aliphatic rings. The van der Waals surface area contributed by atoms with Crippen LogP contribution in [0.2, 0.25) is 0 Å². The highest BCUT2D eigenvalue weighted by Gasteiger charge is 2.54. The standard InChI is InChI=1S/C13H20BF3O3/c1-12(2)13(3,4)20-14(19-12)11(17)9-7-18-6-8(9)5-10(15)16/h8,10H,5-7H2,1-4H3. The van der Waals surface area contributed by atoms with Crippen molar-refractivity contribution < 1.29 is 27.2 Å². The van der Waals surface area contributed by atoms with Gasteiger partial charge in [0.15, 0.2) is 0 Å². The fraction of sp³-hybridized carbons (Fsp3) is 0.846. The Morgan fingerprint density at radius 3 is 2.30 bits per heavy atom. The Morgan fingerprint density at radius 1 is 1.25 bits per heavy atom. The van der Waals surface area contributed by atoms with E-state index in [0.717, 1.165) is 0 Å². The summed E-state index contributed by atoms with van der Waals surface area (Å²) in [5, 5.41) is 0. The molecular formula is C13H20BF3O3. The van der Waals surface area contributed by atoms with Gasteiger partial charge in [-0.3, -0.25) is 0 Å². The van der Waals surface area contributed by atoms with Gasteiger partial charge in [0, 0.05) is 12.3 Å². The first-order valence-electron chi connectivity index (χ1n) is 6.74. The van der Waals surface area contributed by atoms with Crippen molar-refractivity contribution in [2.75, 3.05) is 13.2 Å². The average molecular weight is 292 g/mol. The quantitative estimate of drug-likeness (QED) is 0.748. The molecule has 3 nitrogen and oxygen atoms in total. The Labute approximate surface area is 117 Å². The molecule has 0 radical (unpaired) electrons. The van der Waals surface area contributed by atoms with Crippen LogP contribution in [0.4, 0.5) is 13.2 Å². The van der Waals surface area contributed by atoms with E-state index in [-0.39, 0.29) is 18.8 Å². The zero-order valence-corrected chi connectivity index (χ0v) is 12.2. The Hall–Kier alpha value is -0.525. The normalized spacial score (nSPS) is 31.2. The van der Waals surface area contributed by atoms with Gasteiger partial charge in [0.05, 0.1) is 24.4 Å². The number of rotatable bonds is 3. The highest BCUT2D eigenvalue weighted by molar-refractivity contribution is 6.53. The predicted molar refractivity (Wildman–Crippen MR) is 69.1 cm³/mol. The van der Waals surface area contributed by atoms with Gasteiger partial charge in [-0.25, -0.2) is 13.2 Å². The van der Waals surface area contributed by atoms with E-state index in [4.69, 9.17) is 14.0 Å². The van der Waals surface area contributed by atoms with Crippen LogP contribution in [0.3, 0.4) is 0 Å². The van der Waals surface area contributed by atoms with Gasteiger partial charge in [-0.15, -0.1) is 0 Å². The highest BCUT2D eigenvalue weighted by atomic mass is 19.3. The third-order valence-corrected chi connectivity index (χ3v) is 4.30. The predicted octanol–water partition coefficient (Wildman–Crippen LogP) is 3.14. The Bertz CT molecular complexity index is 394. The molecular weight excluding hydrogens is 272 g/mol. The molecule has 0 aromatic carbocycles. The van der Waals surface area contributed by atoms with Crippen molar-refractivity contribution in [3.63, 3.8) is 0 Å². The lowest BCUT2D eigenvalue weighted by atomic mass is 9.81. The van der Waals surface area contributed by atoms with Crippen LogP contribution in [0.1, 0.15) is 34.1 Å². The minimum atomic E-state index is -2.48. The molecule has 2 aliphatic heterocycles. The van der Waals surface area contributed by atoms with E-state index in [2.05, 4.69) is 0 Å². The molecule has 0 aromatic rings. The maximum atomic E-state index is 14.5. The molecule has 0 N–H and O–H groups in total. The maximum Gasteiger partial charge on any atom is 0.525 e. The van der Waals surface area contributed by atoms with Crippen LogP contribution in [0.5, 0.6) is 0 Å². The summed E-state index contributed by atoms with van der Waals surface area (Å²) in [4.78, 5) is 0. The van der Waals surface area contributed by atoms with E-state index in [1.807, 2.05) is 27.7 Å². The summed E-state index contributed by atoms with van der Waals surface area (Å²) in [5.74, 6) is -0.603. The molecule has 1 atom stereocenters. The van der Waals surface area contributed by atoms with Crippen molar-refractivity contribution in [2.45, 2.75) is 51.7 Å². The molecule has 0 bridgehead atoms. The first-order chi connectivity index (χ1) is 9.14. The van der Waals surface area contributed by atoms with Crippen LogP contribution < -0.4 is 0 Å². The molecule has 20 heavy (non-hydrogen) atoms. The molecule has 0 saturated carbocycles. The molecule has 7 heteroatoms. The van der Waals surface area contributed by atoms with Crippen LogP contribution in [0.25, 0.3) is 0 Å². The van der Waals surface area contributed by atoms with Gasteiger partial charge in [-0.05, 0) is 33.3 Å². The third kappa shape index (κ3) is 2.90. The summed E-state index contributed by atoms with van der Waals surface area (Å²) in [7, 11) is -1.14. The number of ether oxygens (including phenoxy) is 1. The van der Waals surface area contributed by atoms with Crippen LogP contribution >= 0.6 is 0 Å². The molecule has 2 heterocycles. The van der Waals surface area contributed by atoms with Crippen LogP contribution in [-0.2, 0) is 14.0 Å². The Morgan fingerprint density at radius 2 is 1.80 bits per heavy atom. The topological polar surface area (TPSA) is 27.7 Å². The largest absolute Gasteiger partial charge is 0.525 e. The van der Waals surface area contributed by atoms with Crippen LogP contribution in [0.15, 0.2) is 11.3 Å². The summed E-state index contributed by atoms with van der Waals surface area (Å²) in [6.45, 7) is 7.39. The van der Waals surface area contributed by atoms with Crippen molar-refractivity contribution in [3.8, 4) is 0 Å². The van der Waals surface area contributed by atoms with Crippen molar-refractivity contribution >= 4 is 7.12 Å². The van der Waals surface area contributed by atoms with Gasteiger partial charge >= 0.3 is 7.12 Å². The van der Waals surface area contributed by atoms with E-state index in [1.165, 1.54) is 0 Å². The van der Waals surface area contributed by atoms with Gasteiger partial charge in [0.1, 0.15) is 5.73 Å². The lowest BCUT2D eigenvalue weighted by Crippen LogP contribution is -2.41. The number of halogens is 3. The van der Waals surface area contributed by atoms with E-state index >= 15 is 0 Å². The lowest BCUT2D eigenvalue weighted by molar-refractivity contribution is 0.00578. The summed E-state index contributed by atoms with van der Waals surface area (Å²) < 4.78 is 55.8. The maximum absolute atomic E-state index is 14.5. The number of alkyl halides is 2. The number of hydrogen-bond acceptors (Lipinski definition) is 3. The third-order valence-electron chi connectivity index (χ3n) is 4.30. The van der Waals surface area contributed by atoms with Gasteiger partial charge in [0.25, 0.3) is 0 Å². The van der Waals surface area contributed by atoms with Gasteiger partial charge in [-0.1, -0.05) is 0 Å². The molecule has 2 rings (SSSR count). The van der Waals surface area contributed by atoms with Gasteiger partial charge < -0.3 is 14.0 Å². The molecule has 0 amide bonds. The van der Waals surface area contributed by atoms with Gasteiger partial charge in [0.2, 0.25) is 6.43 Å². The molecule has 2 fully saturated rings. The summed E-state index contributed by atoms with van der Waals surface area (Å²) in [6, 6.07) is 0. The lowest BCUT2D eigenvalue weighted by Gasteiger charge is -2.32. The molecule has 1 unspecified atom stereocenters.